The van der Waals surface area contributed by atoms with Crippen LogP contribution in [0.15, 0.2) is 4.79 Å². The number of rotatable bonds is 7. The first-order valence-electron chi connectivity index (χ1n) is 10.7. The van der Waals surface area contributed by atoms with E-state index in [1.165, 1.54) is 23.3 Å². The van der Waals surface area contributed by atoms with E-state index in [0.717, 1.165) is 74.2 Å². The summed E-state index contributed by atoms with van der Waals surface area (Å²) in [4.78, 5) is 37.2. The highest BCUT2D eigenvalue weighted by atomic mass is 32.1. The number of piperidine rings is 1. The minimum atomic E-state index is 0.0146. The molecule has 0 unspecified atom stereocenters. The molecule has 4 rings (SSSR count). The van der Waals surface area contributed by atoms with Crippen LogP contribution >= 0.6 is 11.3 Å². The SMILES string of the molecule is CCCCCNC(=O)C1CCN(Cc2nc3sc4c(c3c(=O)[nH]2)CCC4)CC1. The van der Waals surface area contributed by atoms with Crippen molar-refractivity contribution in [3.05, 3.63) is 26.6 Å². The standard InChI is InChI=1S/C21H30N4O2S/c1-2-3-4-10-22-19(26)14-8-11-25(12-9-14)13-17-23-20(27)18-15-6-5-7-16(15)28-21(18)24-17/h14H,2-13H2,1H3,(H,22,26)(H,23,24,27). The van der Waals surface area contributed by atoms with E-state index in [1.54, 1.807) is 11.3 Å². The van der Waals surface area contributed by atoms with Crippen molar-refractivity contribution in [1.82, 2.24) is 20.2 Å². The summed E-state index contributed by atoms with van der Waals surface area (Å²) in [7, 11) is 0. The summed E-state index contributed by atoms with van der Waals surface area (Å²) in [6, 6.07) is 0. The zero-order valence-corrected chi connectivity index (χ0v) is 17.5. The van der Waals surface area contributed by atoms with Gasteiger partial charge < -0.3 is 10.3 Å². The predicted molar refractivity (Wildman–Crippen MR) is 113 cm³/mol. The molecule has 7 heteroatoms. The molecule has 3 heterocycles. The molecule has 1 aliphatic carbocycles. The van der Waals surface area contributed by atoms with Gasteiger partial charge >= 0.3 is 0 Å². The molecule has 6 nitrogen and oxygen atoms in total. The fraction of sp³-hybridized carbons (Fsp3) is 0.667. The number of carbonyl (C=O) groups is 1. The minimum Gasteiger partial charge on any atom is -0.356 e. The number of carbonyl (C=O) groups excluding carboxylic acids is 1. The van der Waals surface area contributed by atoms with Gasteiger partial charge in [0, 0.05) is 17.3 Å². The Kier molecular flexibility index (Phi) is 6.11. The van der Waals surface area contributed by atoms with Gasteiger partial charge in [-0.2, -0.15) is 0 Å². The molecule has 0 aromatic carbocycles. The van der Waals surface area contributed by atoms with Gasteiger partial charge in [0.25, 0.3) is 5.56 Å². The summed E-state index contributed by atoms with van der Waals surface area (Å²) in [5.41, 5.74) is 1.24. The first-order valence-corrected chi connectivity index (χ1v) is 11.5. The van der Waals surface area contributed by atoms with E-state index in [0.29, 0.717) is 6.54 Å². The first kappa shape index (κ1) is 19.6. The number of aromatic amines is 1. The number of hydrogen-bond acceptors (Lipinski definition) is 5. The quantitative estimate of drug-likeness (QED) is 0.698. The molecule has 1 fully saturated rings. The second-order valence-electron chi connectivity index (χ2n) is 8.10. The zero-order valence-electron chi connectivity index (χ0n) is 16.7. The summed E-state index contributed by atoms with van der Waals surface area (Å²) in [5.74, 6) is 1.07. The highest BCUT2D eigenvalue weighted by molar-refractivity contribution is 7.18. The maximum absolute atomic E-state index is 12.6. The number of aryl methyl sites for hydroxylation is 2. The third kappa shape index (κ3) is 4.15. The summed E-state index contributed by atoms with van der Waals surface area (Å²) in [5, 5.41) is 3.90. The Hall–Kier alpha value is -1.73. The smallest absolute Gasteiger partial charge is 0.259 e. The van der Waals surface area contributed by atoms with Crippen LogP contribution in [0.2, 0.25) is 0 Å². The number of aromatic nitrogens is 2. The van der Waals surface area contributed by atoms with Crippen LogP contribution < -0.4 is 10.9 Å². The Morgan fingerprint density at radius 2 is 2.11 bits per heavy atom. The highest BCUT2D eigenvalue weighted by Gasteiger charge is 2.26. The number of nitrogens with one attached hydrogen (secondary N) is 2. The van der Waals surface area contributed by atoms with E-state index in [9.17, 15) is 9.59 Å². The van der Waals surface area contributed by atoms with Crippen LogP contribution in [0.5, 0.6) is 0 Å². The summed E-state index contributed by atoms with van der Waals surface area (Å²) in [6.45, 7) is 5.36. The number of fused-ring (bicyclic) bond motifs is 3. The van der Waals surface area contributed by atoms with Crippen LogP contribution in [-0.4, -0.2) is 40.4 Å². The van der Waals surface area contributed by atoms with Crippen LogP contribution in [0.3, 0.4) is 0 Å². The summed E-state index contributed by atoms with van der Waals surface area (Å²) in [6.07, 6.45) is 8.39. The number of amides is 1. The number of nitrogens with zero attached hydrogens (tertiary/aromatic N) is 2. The van der Waals surface area contributed by atoms with Crippen LogP contribution in [0, 0.1) is 5.92 Å². The molecule has 0 radical (unpaired) electrons. The highest BCUT2D eigenvalue weighted by Crippen LogP contribution is 2.34. The second kappa shape index (κ2) is 8.74. The predicted octanol–water partition coefficient (Wildman–Crippen LogP) is 2.99. The van der Waals surface area contributed by atoms with Gasteiger partial charge in [-0.05, 0) is 57.2 Å². The molecule has 0 spiro atoms. The molecule has 2 aromatic rings. The van der Waals surface area contributed by atoms with E-state index in [4.69, 9.17) is 4.98 Å². The van der Waals surface area contributed by atoms with Crippen molar-refractivity contribution < 1.29 is 4.79 Å². The summed E-state index contributed by atoms with van der Waals surface area (Å²) < 4.78 is 0. The van der Waals surface area contributed by atoms with Gasteiger partial charge in [-0.1, -0.05) is 19.8 Å². The lowest BCUT2D eigenvalue weighted by molar-refractivity contribution is -0.126. The lowest BCUT2D eigenvalue weighted by Crippen LogP contribution is -2.40. The number of thiophene rings is 1. The van der Waals surface area contributed by atoms with E-state index >= 15 is 0 Å². The molecule has 1 amide bonds. The summed E-state index contributed by atoms with van der Waals surface area (Å²) >= 11 is 1.69. The lowest BCUT2D eigenvalue weighted by atomic mass is 9.96. The average molecular weight is 403 g/mol. The zero-order chi connectivity index (χ0) is 19.5. The molecule has 0 atom stereocenters. The molecular weight excluding hydrogens is 372 g/mol. The van der Waals surface area contributed by atoms with E-state index in [-0.39, 0.29) is 17.4 Å². The van der Waals surface area contributed by atoms with Crippen LogP contribution in [0.25, 0.3) is 10.2 Å². The lowest BCUT2D eigenvalue weighted by Gasteiger charge is -2.30. The normalized spacial score (nSPS) is 17.9. The van der Waals surface area contributed by atoms with E-state index < -0.39 is 0 Å². The molecular formula is C21H30N4O2S. The topological polar surface area (TPSA) is 78.1 Å². The Labute approximate surface area is 169 Å². The maximum Gasteiger partial charge on any atom is 0.259 e. The fourth-order valence-electron chi connectivity index (χ4n) is 4.42. The van der Waals surface area contributed by atoms with Crippen molar-refractivity contribution in [3.8, 4) is 0 Å². The Morgan fingerprint density at radius 3 is 2.89 bits per heavy atom. The number of H-pyrrole nitrogens is 1. The van der Waals surface area contributed by atoms with Crippen molar-refractivity contribution >= 4 is 27.5 Å². The Morgan fingerprint density at radius 1 is 1.29 bits per heavy atom. The van der Waals surface area contributed by atoms with Crippen LogP contribution in [0.4, 0.5) is 0 Å². The fourth-order valence-corrected chi connectivity index (χ4v) is 5.70. The molecule has 28 heavy (non-hydrogen) atoms. The van der Waals surface area contributed by atoms with Crippen molar-refractivity contribution in [2.75, 3.05) is 19.6 Å². The van der Waals surface area contributed by atoms with E-state index in [1.807, 2.05) is 0 Å². The van der Waals surface area contributed by atoms with Gasteiger partial charge in [0.2, 0.25) is 5.91 Å². The number of hydrogen-bond donors (Lipinski definition) is 2. The van der Waals surface area contributed by atoms with Gasteiger partial charge in [0.1, 0.15) is 10.7 Å². The average Bonchev–Trinajstić information content (AvgIpc) is 3.26. The molecule has 0 saturated carbocycles. The van der Waals surface area contributed by atoms with Gasteiger partial charge in [0.15, 0.2) is 0 Å². The van der Waals surface area contributed by atoms with Crippen LogP contribution in [-0.2, 0) is 24.2 Å². The number of likely N-dealkylation sites (tertiary alicyclic amines) is 1. The second-order valence-corrected chi connectivity index (χ2v) is 9.18. The van der Waals surface area contributed by atoms with E-state index in [2.05, 4.69) is 22.1 Å². The molecule has 2 aliphatic rings. The Bertz CT molecular complexity index is 896. The molecule has 0 bridgehead atoms. The largest absolute Gasteiger partial charge is 0.356 e. The first-order chi connectivity index (χ1) is 13.7. The Balaban J connectivity index is 1.33. The molecule has 1 saturated heterocycles. The van der Waals surface area contributed by atoms with Crippen molar-refractivity contribution in [1.29, 1.82) is 0 Å². The minimum absolute atomic E-state index is 0.0146. The third-order valence-electron chi connectivity index (χ3n) is 6.04. The molecule has 152 valence electrons. The maximum atomic E-state index is 12.6. The van der Waals surface area contributed by atoms with Crippen molar-refractivity contribution in [2.24, 2.45) is 5.92 Å². The van der Waals surface area contributed by atoms with Gasteiger partial charge in [0.05, 0.1) is 11.9 Å². The van der Waals surface area contributed by atoms with Crippen molar-refractivity contribution in [3.63, 3.8) is 0 Å². The number of unbranched alkanes of at least 4 members (excludes halogenated alkanes) is 2. The molecule has 2 N–H and O–H groups in total. The van der Waals surface area contributed by atoms with Crippen LogP contribution in [0.1, 0.15) is 61.7 Å². The molecule has 1 aliphatic heterocycles. The van der Waals surface area contributed by atoms with Gasteiger partial charge in [-0.15, -0.1) is 11.3 Å². The van der Waals surface area contributed by atoms with Gasteiger partial charge in [-0.3, -0.25) is 14.5 Å². The van der Waals surface area contributed by atoms with Gasteiger partial charge in [-0.25, -0.2) is 4.98 Å². The van der Waals surface area contributed by atoms with Crippen molar-refractivity contribution in [2.45, 2.75) is 64.8 Å². The molecule has 2 aromatic heterocycles. The monoisotopic (exact) mass is 402 g/mol. The third-order valence-corrected chi connectivity index (χ3v) is 7.22.